The van der Waals surface area contributed by atoms with Gasteiger partial charge in [-0.2, -0.15) is 0 Å². The van der Waals surface area contributed by atoms with E-state index in [0.29, 0.717) is 12.3 Å². The van der Waals surface area contributed by atoms with Crippen LogP contribution in [-0.2, 0) is 19.1 Å². The van der Waals surface area contributed by atoms with Crippen LogP contribution in [-0.4, -0.2) is 26.2 Å². The summed E-state index contributed by atoms with van der Waals surface area (Å²) < 4.78 is 10.1. The van der Waals surface area contributed by atoms with Crippen molar-refractivity contribution in [3.63, 3.8) is 0 Å². The average Bonchev–Trinajstić information content (AvgIpc) is 2.59. The van der Waals surface area contributed by atoms with Gasteiger partial charge in [0.1, 0.15) is 0 Å². The molecule has 1 saturated carbocycles. The number of rotatable bonds is 2. The van der Waals surface area contributed by atoms with Crippen molar-refractivity contribution >= 4 is 11.9 Å². The summed E-state index contributed by atoms with van der Waals surface area (Å²) in [4.78, 5) is 24.8. The molecule has 0 aromatic heterocycles. The number of methoxy groups -OCH3 is 2. The van der Waals surface area contributed by atoms with Gasteiger partial charge in [0, 0.05) is 0 Å². The lowest BCUT2D eigenvalue weighted by atomic mass is 9.49. The number of esters is 2. The first-order valence-corrected chi connectivity index (χ1v) is 9.63. The SMILES string of the molecule is COC(=O)C1CC2CCC3=C(CCCC3(C)C)C2(C)CC1C(=O)OC. The summed E-state index contributed by atoms with van der Waals surface area (Å²) in [5, 5.41) is 0. The molecule has 4 unspecified atom stereocenters. The second kappa shape index (κ2) is 6.44. The van der Waals surface area contributed by atoms with Crippen LogP contribution in [0.25, 0.3) is 0 Å². The zero-order valence-electron chi connectivity index (χ0n) is 16.3. The van der Waals surface area contributed by atoms with Crippen molar-refractivity contribution in [3.05, 3.63) is 11.1 Å². The van der Waals surface area contributed by atoms with Crippen LogP contribution in [0.3, 0.4) is 0 Å². The van der Waals surface area contributed by atoms with E-state index in [2.05, 4.69) is 20.8 Å². The fraction of sp³-hybridized carbons (Fsp3) is 0.810. The third-order valence-electron chi connectivity index (χ3n) is 7.42. The lowest BCUT2D eigenvalue weighted by Gasteiger charge is -2.54. The highest BCUT2D eigenvalue weighted by Crippen LogP contribution is 2.61. The summed E-state index contributed by atoms with van der Waals surface area (Å²) in [6.45, 7) is 7.06. The zero-order valence-corrected chi connectivity index (χ0v) is 16.3. The van der Waals surface area contributed by atoms with E-state index in [1.807, 2.05) is 0 Å². The van der Waals surface area contributed by atoms with Gasteiger partial charge < -0.3 is 9.47 Å². The minimum atomic E-state index is -0.393. The zero-order chi connectivity index (χ0) is 18.4. The molecular weight excluding hydrogens is 316 g/mol. The van der Waals surface area contributed by atoms with Crippen LogP contribution in [0.1, 0.15) is 65.7 Å². The number of ether oxygens (including phenoxy) is 2. The predicted molar refractivity (Wildman–Crippen MR) is 95.7 cm³/mol. The topological polar surface area (TPSA) is 52.6 Å². The fourth-order valence-electron chi connectivity index (χ4n) is 5.97. The Morgan fingerprint density at radius 2 is 1.60 bits per heavy atom. The molecule has 3 rings (SSSR count). The molecule has 0 heterocycles. The number of hydrogen-bond acceptors (Lipinski definition) is 4. The highest BCUT2D eigenvalue weighted by molar-refractivity contribution is 5.82. The average molecular weight is 348 g/mol. The maximum Gasteiger partial charge on any atom is 0.309 e. The van der Waals surface area contributed by atoms with Crippen molar-refractivity contribution in [2.75, 3.05) is 14.2 Å². The number of allylic oxidation sites excluding steroid dienone is 2. The van der Waals surface area contributed by atoms with Gasteiger partial charge in [-0.15, -0.1) is 0 Å². The Kier molecular flexibility index (Phi) is 4.76. The fourth-order valence-corrected chi connectivity index (χ4v) is 5.97. The van der Waals surface area contributed by atoms with Crippen molar-refractivity contribution in [3.8, 4) is 0 Å². The maximum absolute atomic E-state index is 12.5. The molecule has 4 heteroatoms. The molecule has 0 bridgehead atoms. The Balaban J connectivity index is 2.01. The summed E-state index contributed by atoms with van der Waals surface area (Å²) in [7, 11) is 2.83. The van der Waals surface area contributed by atoms with E-state index >= 15 is 0 Å². The summed E-state index contributed by atoms with van der Waals surface area (Å²) in [6, 6.07) is 0. The summed E-state index contributed by atoms with van der Waals surface area (Å²) in [5.41, 5.74) is 3.48. The first kappa shape index (κ1) is 18.5. The van der Waals surface area contributed by atoms with Crippen molar-refractivity contribution in [2.24, 2.45) is 28.6 Å². The molecule has 0 aromatic rings. The van der Waals surface area contributed by atoms with Gasteiger partial charge in [-0.1, -0.05) is 31.9 Å². The largest absolute Gasteiger partial charge is 0.469 e. The molecule has 0 aromatic carbocycles. The molecular formula is C21H32O4. The predicted octanol–water partition coefficient (Wildman–Crippen LogP) is 4.28. The third-order valence-corrected chi connectivity index (χ3v) is 7.42. The molecule has 4 atom stereocenters. The standard InChI is InChI=1S/C21H32O4/c1-20(2)10-6-7-17-16(20)9-8-13-11-14(18(22)24-4)15(19(23)25-5)12-21(13,17)3/h13-15H,6-12H2,1-5H3. The van der Waals surface area contributed by atoms with E-state index in [1.54, 1.807) is 11.1 Å². The molecule has 0 spiro atoms. The molecule has 0 saturated heterocycles. The maximum atomic E-state index is 12.5. The first-order chi connectivity index (χ1) is 11.7. The Bertz CT molecular complexity index is 603. The van der Waals surface area contributed by atoms with Gasteiger partial charge in [-0.05, 0) is 61.7 Å². The van der Waals surface area contributed by atoms with Gasteiger partial charge >= 0.3 is 11.9 Å². The second-order valence-electron chi connectivity index (χ2n) is 9.05. The molecule has 0 amide bonds. The van der Waals surface area contributed by atoms with E-state index in [1.165, 1.54) is 27.1 Å². The molecule has 3 aliphatic carbocycles. The number of carbonyl (C=O) groups excluding carboxylic acids is 2. The van der Waals surface area contributed by atoms with Crippen LogP contribution in [0.2, 0.25) is 0 Å². The van der Waals surface area contributed by atoms with E-state index in [-0.39, 0.29) is 28.7 Å². The highest BCUT2D eigenvalue weighted by atomic mass is 16.5. The van der Waals surface area contributed by atoms with Crippen LogP contribution in [0.15, 0.2) is 11.1 Å². The van der Waals surface area contributed by atoms with Gasteiger partial charge in [0.2, 0.25) is 0 Å². The van der Waals surface area contributed by atoms with Crippen molar-refractivity contribution in [1.29, 1.82) is 0 Å². The minimum absolute atomic E-state index is 0.00858. The smallest absolute Gasteiger partial charge is 0.309 e. The van der Waals surface area contributed by atoms with E-state index < -0.39 is 5.92 Å². The monoisotopic (exact) mass is 348 g/mol. The van der Waals surface area contributed by atoms with Crippen molar-refractivity contribution < 1.29 is 19.1 Å². The van der Waals surface area contributed by atoms with E-state index in [0.717, 1.165) is 25.7 Å². The molecule has 0 N–H and O–H groups in total. The Morgan fingerprint density at radius 1 is 0.960 bits per heavy atom. The molecule has 0 radical (unpaired) electrons. The van der Waals surface area contributed by atoms with E-state index in [9.17, 15) is 9.59 Å². The van der Waals surface area contributed by atoms with Crippen molar-refractivity contribution in [2.45, 2.75) is 65.7 Å². The van der Waals surface area contributed by atoms with Gasteiger partial charge in [0.15, 0.2) is 0 Å². The summed E-state index contributed by atoms with van der Waals surface area (Å²) >= 11 is 0. The van der Waals surface area contributed by atoms with Crippen LogP contribution in [0.5, 0.6) is 0 Å². The summed E-state index contributed by atoms with van der Waals surface area (Å²) in [6.07, 6.45) is 7.30. The van der Waals surface area contributed by atoms with Crippen LogP contribution < -0.4 is 0 Å². The Morgan fingerprint density at radius 3 is 2.24 bits per heavy atom. The Labute approximate surface area is 151 Å². The number of fused-ring (bicyclic) bond motifs is 2. The van der Waals surface area contributed by atoms with Crippen LogP contribution >= 0.6 is 0 Å². The first-order valence-electron chi connectivity index (χ1n) is 9.63. The van der Waals surface area contributed by atoms with E-state index in [4.69, 9.17) is 9.47 Å². The van der Waals surface area contributed by atoms with Crippen LogP contribution in [0.4, 0.5) is 0 Å². The summed E-state index contributed by atoms with van der Waals surface area (Å²) in [5.74, 6) is -0.839. The number of hydrogen-bond donors (Lipinski definition) is 0. The molecule has 1 fully saturated rings. The van der Waals surface area contributed by atoms with Crippen LogP contribution in [0, 0.1) is 28.6 Å². The van der Waals surface area contributed by atoms with Crippen molar-refractivity contribution in [1.82, 2.24) is 0 Å². The molecule has 0 aliphatic heterocycles. The lowest BCUT2D eigenvalue weighted by Crippen LogP contribution is -2.49. The van der Waals surface area contributed by atoms with Gasteiger partial charge in [-0.25, -0.2) is 0 Å². The normalized spacial score (nSPS) is 36.9. The molecule has 140 valence electrons. The second-order valence-corrected chi connectivity index (χ2v) is 9.05. The highest BCUT2D eigenvalue weighted by Gasteiger charge is 2.54. The number of carbonyl (C=O) groups is 2. The third kappa shape index (κ3) is 2.92. The van der Waals surface area contributed by atoms with Gasteiger partial charge in [0.25, 0.3) is 0 Å². The molecule has 25 heavy (non-hydrogen) atoms. The molecule has 4 nitrogen and oxygen atoms in total. The van der Waals surface area contributed by atoms with Gasteiger partial charge in [0.05, 0.1) is 26.1 Å². The van der Waals surface area contributed by atoms with Gasteiger partial charge in [-0.3, -0.25) is 9.59 Å². The lowest BCUT2D eigenvalue weighted by molar-refractivity contribution is -0.164. The Hall–Kier alpha value is -1.32. The minimum Gasteiger partial charge on any atom is -0.469 e. The quantitative estimate of drug-likeness (QED) is 0.552. The molecule has 3 aliphatic rings.